The maximum atomic E-state index is 13.5. The van der Waals surface area contributed by atoms with Gasteiger partial charge in [0.2, 0.25) is 0 Å². The third-order valence-electron chi connectivity index (χ3n) is 6.43. The molecular weight excluding hydrogens is 583 g/mol. The quantitative estimate of drug-likeness (QED) is 0.208. The third-order valence-corrected chi connectivity index (χ3v) is 7.55. The summed E-state index contributed by atoms with van der Waals surface area (Å²) >= 11 is 6.48. The zero-order valence-corrected chi connectivity index (χ0v) is 23.1. The van der Waals surface area contributed by atoms with E-state index in [2.05, 4.69) is 10.1 Å². The number of alkyl halides is 3. The fourth-order valence-electron chi connectivity index (χ4n) is 4.52. The number of aryl methyl sites for hydroxylation is 1. The van der Waals surface area contributed by atoms with Crippen LogP contribution in [-0.2, 0) is 40.5 Å². The predicted octanol–water partition coefficient (Wildman–Crippen LogP) is 5.31. The van der Waals surface area contributed by atoms with E-state index >= 15 is 0 Å². The number of fused-ring (bicyclic) bond motifs is 1. The molecule has 9 nitrogen and oxygen atoms in total. The van der Waals surface area contributed by atoms with Gasteiger partial charge in [-0.2, -0.15) is 18.3 Å². The SMILES string of the molecule is COC(=O)C(Cc1cn(C)cn1)N1C(=O)SC(=Cc2ccc3c(cnn3Cc3ccc(Cl)cc3C(F)(F)F)c2)C1=O. The summed E-state index contributed by atoms with van der Waals surface area (Å²) < 4.78 is 48.6. The van der Waals surface area contributed by atoms with Crippen LogP contribution in [0.3, 0.4) is 0 Å². The molecule has 0 bridgehead atoms. The minimum absolute atomic E-state index is 0.00630. The van der Waals surface area contributed by atoms with Crippen molar-refractivity contribution in [3.63, 3.8) is 0 Å². The average Bonchev–Trinajstić information content (AvgIpc) is 3.59. The van der Waals surface area contributed by atoms with E-state index < -0.39 is 34.9 Å². The normalized spacial score (nSPS) is 15.8. The monoisotopic (exact) mass is 603 g/mol. The highest BCUT2D eigenvalue weighted by molar-refractivity contribution is 8.18. The molecule has 1 aliphatic heterocycles. The molecule has 2 amide bonds. The van der Waals surface area contributed by atoms with Gasteiger partial charge in [0, 0.05) is 30.1 Å². The number of methoxy groups -OCH3 is 1. The van der Waals surface area contributed by atoms with Gasteiger partial charge in [-0.1, -0.05) is 23.7 Å². The number of aromatic nitrogens is 4. The molecule has 0 saturated carbocycles. The number of imidazole rings is 1. The highest BCUT2D eigenvalue weighted by atomic mass is 35.5. The molecule has 0 radical (unpaired) electrons. The highest BCUT2D eigenvalue weighted by Gasteiger charge is 2.43. The lowest BCUT2D eigenvalue weighted by Crippen LogP contribution is -2.46. The molecule has 41 heavy (non-hydrogen) atoms. The molecule has 0 aliphatic carbocycles. The van der Waals surface area contributed by atoms with E-state index in [-0.39, 0.29) is 28.5 Å². The Morgan fingerprint density at radius 1 is 1.20 bits per heavy atom. The van der Waals surface area contributed by atoms with Gasteiger partial charge in [0.15, 0.2) is 0 Å². The van der Waals surface area contributed by atoms with Crippen molar-refractivity contribution in [3.05, 3.63) is 87.4 Å². The number of rotatable bonds is 7. The molecule has 4 aromatic rings. The Morgan fingerprint density at radius 3 is 2.66 bits per heavy atom. The van der Waals surface area contributed by atoms with Crippen LogP contribution < -0.4 is 0 Å². The van der Waals surface area contributed by atoms with E-state index in [1.165, 1.54) is 36.2 Å². The van der Waals surface area contributed by atoms with Crippen LogP contribution in [0, 0.1) is 0 Å². The van der Waals surface area contributed by atoms with E-state index in [1.807, 2.05) is 0 Å². The molecule has 1 fully saturated rings. The highest BCUT2D eigenvalue weighted by Crippen LogP contribution is 2.36. The number of esters is 1. The van der Waals surface area contributed by atoms with Crippen molar-refractivity contribution in [1.29, 1.82) is 0 Å². The van der Waals surface area contributed by atoms with Crippen molar-refractivity contribution in [2.45, 2.75) is 25.2 Å². The first-order valence-electron chi connectivity index (χ1n) is 12.1. The summed E-state index contributed by atoms with van der Waals surface area (Å²) in [4.78, 5) is 43.8. The van der Waals surface area contributed by atoms with Crippen molar-refractivity contribution >= 4 is 57.5 Å². The number of thioether (sulfide) groups is 1. The van der Waals surface area contributed by atoms with Crippen LogP contribution in [0.2, 0.25) is 5.02 Å². The third kappa shape index (κ3) is 5.86. The first kappa shape index (κ1) is 28.4. The molecule has 1 unspecified atom stereocenters. The molecule has 212 valence electrons. The average molecular weight is 604 g/mol. The lowest BCUT2D eigenvalue weighted by atomic mass is 10.1. The van der Waals surface area contributed by atoms with E-state index in [1.54, 1.807) is 42.3 Å². The molecule has 2 aromatic carbocycles. The standard InChI is InChI=1S/C27H21ClF3N5O4S/c1-34-13-19(32-14-34)10-22(25(38)40-2)36-24(37)23(41-26(36)39)8-15-3-6-21-17(7-15)11-33-35(21)12-16-4-5-18(28)9-20(16)27(29,30)31/h3-9,11,13-14,22H,10,12H2,1-2H3. The summed E-state index contributed by atoms with van der Waals surface area (Å²) in [5.74, 6) is -1.40. The predicted molar refractivity (Wildman–Crippen MR) is 146 cm³/mol. The molecule has 1 saturated heterocycles. The summed E-state index contributed by atoms with van der Waals surface area (Å²) in [5.41, 5.74) is 0.808. The van der Waals surface area contributed by atoms with Crippen LogP contribution in [0.5, 0.6) is 0 Å². The van der Waals surface area contributed by atoms with Crippen LogP contribution >= 0.6 is 23.4 Å². The maximum Gasteiger partial charge on any atom is 0.416 e. The van der Waals surface area contributed by atoms with Crippen molar-refractivity contribution in [2.24, 2.45) is 7.05 Å². The van der Waals surface area contributed by atoms with Gasteiger partial charge in [0.25, 0.3) is 11.1 Å². The van der Waals surface area contributed by atoms with Crippen molar-refractivity contribution in [1.82, 2.24) is 24.2 Å². The number of ether oxygens (including phenoxy) is 1. The lowest BCUT2D eigenvalue weighted by Gasteiger charge is -2.22. The molecule has 3 heterocycles. The summed E-state index contributed by atoms with van der Waals surface area (Å²) in [5, 5.41) is 4.22. The van der Waals surface area contributed by atoms with E-state index in [0.717, 1.165) is 11.0 Å². The molecule has 2 aromatic heterocycles. The molecule has 0 N–H and O–H groups in total. The minimum atomic E-state index is -4.58. The molecule has 5 rings (SSSR count). The van der Waals surface area contributed by atoms with Crippen molar-refractivity contribution < 1.29 is 32.3 Å². The number of carbonyl (C=O) groups excluding carboxylic acids is 3. The number of imide groups is 1. The van der Waals surface area contributed by atoms with Gasteiger partial charge in [-0.15, -0.1) is 0 Å². The molecule has 0 spiro atoms. The van der Waals surface area contributed by atoms with Crippen molar-refractivity contribution in [3.8, 4) is 0 Å². The zero-order chi connectivity index (χ0) is 29.5. The Bertz CT molecular complexity index is 1710. The Kier molecular flexibility index (Phi) is 7.66. The topological polar surface area (TPSA) is 99.3 Å². The van der Waals surface area contributed by atoms with E-state index in [4.69, 9.17) is 16.3 Å². The second kappa shape index (κ2) is 11.1. The number of hydrogen-bond acceptors (Lipinski definition) is 7. The minimum Gasteiger partial charge on any atom is -0.467 e. The lowest BCUT2D eigenvalue weighted by molar-refractivity contribution is -0.148. The molecule has 14 heteroatoms. The van der Waals surface area contributed by atoms with Gasteiger partial charge in [-0.25, -0.2) is 9.78 Å². The first-order valence-corrected chi connectivity index (χ1v) is 13.3. The Morgan fingerprint density at radius 2 is 1.98 bits per heavy atom. The number of benzene rings is 2. The van der Waals surface area contributed by atoms with Gasteiger partial charge in [-0.05, 0) is 53.2 Å². The summed E-state index contributed by atoms with van der Waals surface area (Å²) in [6.07, 6.45) is 1.65. The van der Waals surface area contributed by atoms with Gasteiger partial charge >= 0.3 is 12.1 Å². The maximum absolute atomic E-state index is 13.5. The van der Waals surface area contributed by atoms with Crippen LogP contribution in [0.15, 0.2) is 60.0 Å². The summed E-state index contributed by atoms with van der Waals surface area (Å²) in [6.45, 7) is -0.140. The largest absolute Gasteiger partial charge is 0.467 e. The molecular formula is C27H21ClF3N5O4S. The fraction of sp³-hybridized carbons (Fsp3) is 0.222. The van der Waals surface area contributed by atoms with Crippen LogP contribution in [0.25, 0.3) is 17.0 Å². The van der Waals surface area contributed by atoms with E-state index in [0.29, 0.717) is 33.9 Å². The number of hydrogen-bond donors (Lipinski definition) is 0. The molecule has 1 aliphatic rings. The Labute approximate surface area is 240 Å². The second-order valence-electron chi connectivity index (χ2n) is 9.24. The molecule has 1 atom stereocenters. The van der Waals surface area contributed by atoms with Crippen molar-refractivity contribution in [2.75, 3.05) is 7.11 Å². The number of halogens is 4. The number of amides is 2. The first-order chi connectivity index (χ1) is 19.4. The Hall–Kier alpha value is -4.10. The number of nitrogens with zero attached hydrogens (tertiary/aromatic N) is 5. The van der Waals surface area contributed by atoms with Crippen LogP contribution in [-0.4, -0.2) is 54.5 Å². The van der Waals surface area contributed by atoms with Crippen LogP contribution in [0.4, 0.5) is 18.0 Å². The van der Waals surface area contributed by atoms with Gasteiger partial charge in [0.1, 0.15) is 6.04 Å². The van der Waals surface area contributed by atoms with Gasteiger partial charge in [-0.3, -0.25) is 19.2 Å². The smallest absolute Gasteiger partial charge is 0.416 e. The summed E-state index contributed by atoms with van der Waals surface area (Å²) in [7, 11) is 2.93. The van der Waals surface area contributed by atoms with E-state index in [9.17, 15) is 27.6 Å². The Balaban J connectivity index is 1.40. The second-order valence-corrected chi connectivity index (χ2v) is 10.7. The van der Waals surface area contributed by atoms with Crippen LogP contribution in [0.1, 0.15) is 22.4 Å². The zero-order valence-electron chi connectivity index (χ0n) is 21.6. The summed E-state index contributed by atoms with van der Waals surface area (Å²) in [6, 6.07) is 7.43. The van der Waals surface area contributed by atoms with Gasteiger partial charge < -0.3 is 9.30 Å². The number of carbonyl (C=O) groups is 3. The van der Waals surface area contributed by atoms with Gasteiger partial charge in [0.05, 0.1) is 47.9 Å². The fourth-order valence-corrected chi connectivity index (χ4v) is 5.57.